The van der Waals surface area contributed by atoms with Gasteiger partial charge in [-0.1, -0.05) is 6.07 Å². The number of aryl methyl sites for hydroxylation is 1. The summed E-state index contributed by atoms with van der Waals surface area (Å²) in [5.41, 5.74) is 3.02. The molecule has 0 saturated heterocycles. The largest absolute Gasteiger partial charge is 0.359 e. The van der Waals surface area contributed by atoms with Gasteiger partial charge < -0.3 is 10.3 Å². The Kier molecular flexibility index (Phi) is 2.64. The smallest absolute Gasteiger partial charge is 0.265 e. The highest BCUT2D eigenvalue weighted by atomic mass is 32.1. The summed E-state index contributed by atoms with van der Waals surface area (Å²) >= 11 is 1.44. The van der Waals surface area contributed by atoms with Crippen LogP contribution >= 0.6 is 11.3 Å². The molecule has 3 rings (SSSR count). The third-order valence-electron chi connectivity index (χ3n) is 2.76. The molecule has 2 heterocycles. The van der Waals surface area contributed by atoms with Crippen molar-refractivity contribution in [3.63, 3.8) is 0 Å². The Balaban J connectivity index is 1.88. The molecule has 18 heavy (non-hydrogen) atoms. The molecule has 0 aliphatic rings. The molecule has 0 spiro atoms. The first kappa shape index (κ1) is 11.0. The Morgan fingerprint density at radius 1 is 1.28 bits per heavy atom. The zero-order chi connectivity index (χ0) is 12.5. The number of fused-ring (bicyclic) bond motifs is 1. The monoisotopic (exact) mass is 256 g/mol. The molecule has 4 heteroatoms. The quantitative estimate of drug-likeness (QED) is 0.720. The molecule has 3 aromatic rings. The molecule has 1 amide bonds. The summed E-state index contributed by atoms with van der Waals surface area (Å²) in [6.07, 6.45) is 0. The normalized spacial score (nSPS) is 10.7. The number of carbonyl (C=O) groups is 1. The van der Waals surface area contributed by atoms with Crippen LogP contribution in [0.3, 0.4) is 0 Å². The predicted molar refractivity (Wildman–Crippen MR) is 75.3 cm³/mol. The molecule has 0 aliphatic heterocycles. The van der Waals surface area contributed by atoms with E-state index in [1.165, 1.54) is 11.3 Å². The zero-order valence-electron chi connectivity index (χ0n) is 9.86. The van der Waals surface area contributed by atoms with Crippen LogP contribution in [0.5, 0.6) is 0 Å². The lowest BCUT2D eigenvalue weighted by molar-refractivity contribution is 0.103. The van der Waals surface area contributed by atoms with Gasteiger partial charge in [0.15, 0.2) is 0 Å². The fraction of sp³-hybridized carbons (Fsp3) is 0.0714. The summed E-state index contributed by atoms with van der Waals surface area (Å²) in [6, 6.07) is 11.6. The molecule has 0 bridgehead atoms. The molecule has 0 radical (unpaired) electrons. The maximum absolute atomic E-state index is 11.9. The van der Waals surface area contributed by atoms with Crippen molar-refractivity contribution in [3.8, 4) is 0 Å². The number of benzene rings is 1. The minimum Gasteiger partial charge on any atom is -0.359 e. The van der Waals surface area contributed by atoms with E-state index in [4.69, 9.17) is 0 Å². The molecular weight excluding hydrogens is 244 g/mol. The van der Waals surface area contributed by atoms with Crippen molar-refractivity contribution in [1.82, 2.24) is 4.98 Å². The Bertz CT molecular complexity index is 698. The second kappa shape index (κ2) is 4.31. The van der Waals surface area contributed by atoms with Gasteiger partial charge in [0.25, 0.3) is 5.91 Å². The van der Waals surface area contributed by atoms with Gasteiger partial charge in [-0.2, -0.15) is 0 Å². The van der Waals surface area contributed by atoms with Gasteiger partial charge in [0, 0.05) is 22.3 Å². The van der Waals surface area contributed by atoms with Crippen molar-refractivity contribution in [1.29, 1.82) is 0 Å². The Morgan fingerprint density at radius 3 is 2.94 bits per heavy atom. The van der Waals surface area contributed by atoms with Crippen molar-refractivity contribution >= 4 is 33.8 Å². The number of aromatic nitrogens is 1. The molecule has 3 nitrogen and oxygen atoms in total. The van der Waals surface area contributed by atoms with Gasteiger partial charge in [-0.25, -0.2) is 0 Å². The maximum Gasteiger partial charge on any atom is 0.265 e. The van der Waals surface area contributed by atoms with E-state index < -0.39 is 0 Å². The molecule has 0 atom stereocenters. The van der Waals surface area contributed by atoms with E-state index in [0.717, 1.165) is 27.2 Å². The van der Waals surface area contributed by atoms with Crippen LogP contribution in [0.2, 0.25) is 0 Å². The third kappa shape index (κ3) is 2.02. The first-order valence-corrected chi connectivity index (χ1v) is 6.54. The summed E-state index contributed by atoms with van der Waals surface area (Å²) in [4.78, 5) is 15.9. The van der Waals surface area contributed by atoms with Crippen molar-refractivity contribution in [3.05, 3.63) is 52.3 Å². The average Bonchev–Trinajstić information content (AvgIpc) is 2.95. The number of hydrogen-bond acceptors (Lipinski definition) is 2. The molecule has 0 unspecified atom stereocenters. The first-order chi connectivity index (χ1) is 8.72. The van der Waals surface area contributed by atoms with Crippen molar-refractivity contribution < 1.29 is 4.79 Å². The van der Waals surface area contributed by atoms with Gasteiger partial charge >= 0.3 is 0 Å². The van der Waals surface area contributed by atoms with Crippen molar-refractivity contribution in [2.24, 2.45) is 0 Å². The lowest BCUT2D eigenvalue weighted by Crippen LogP contribution is -2.09. The number of hydrogen-bond donors (Lipinski definition) is 2. The van der Waals surface area contributed by atoms with Crippen LogP contribution in [-0.2, 0) is 0 Å². The number of nitrogens with one attached hydrogen (secondary N) is 2. The van der Waals surface area contributed by atoms with Crippen molar-refractivity contribution in [2.45, 2.75) is 6.92 Å². The van der Waals surface area contributed by atoms with E-state index in [9.17, 15) is 4.79 Å². The maximum atomic E-state index is 11.9. The van der Waals surface area contributed by atoms with Crippen LogP contribution in [0.15, 0.2) is 41.8 Å². The Labute approximate surface area is 108 Å². The second-order valence-electron chi connectivity index (χ2n) is 4.19. The second-order valence-corrected chi connectivity index (χ2v) is 5.13. The summed E-state index contributed by atoms with van der Waals surface area (Å²) in [5.74, 6) is -0.0587. The number of H-pyrrole nitrogens is 1. The highest BCUT2D eigenvalue weighted by molar-refractivity contribution is 7.12. The van der Waals surface area contributed by atoms with E-state index in [-0.39, 0.29) is 5.91 Å². The molecule has 0 saturated carbocycles. The summed E-state index contributed by atoms with van der Waals surface area (Å²) in [6.45, 7) is 2.02. The van der Waals surface area contributed by atoms with Gasteiger partial charge in [-0.05, 0) is 42.6 Å². The third-order valence-corrected chi connectivity index (χ3v) is 3.63. The lowest BCUT2D eigenvalue weighted by atomic mass is 10.2. The Hall–Kier alpha value is -2.07. The molecular formula is C14H12N2OS. The molecule has 1 aromatic carbocycles. The van der Waals surface area contributed by atoms with E-state index in [0.29, 0.717) is 0 Å². The Morgan fingerprint density at radius 2 is 2.17 bits per heavy atom. The summed E-state index contributed by atoms with van der Waals surface area (Å²) in [7, 11) is 0. The lowest BCUT2D eigenvalue weighted by Gasteiger charge is -2.03. The number of anilines is 1. The first-order valence-electron chi connectivity index (χ1n) is 5.66. The van der Waals surface area contributed by atoms with E-state index >= 15 is 0 Å². The highest BCUT2D eigenvalue weighted by Crippen LogP contribution is 2.20. The van der Waals surface area contributed by atoms with E-state index in [1.54, 1.807) is 0 Å². The molecule has 0 aliphatic carbocycles. The van der Waals surface area contributed by atoms with Gasteiger partial charge in [0.05, 0.1) is 4.88 Å². The van der Waals surface area contributed by atoms with Gasteiger partial charge in [-0.3, -0.25) is 4.79 Å². The number of rotatable bonds is 2. The fourth-order valence-corrected chi connectivity index (χ4v) is 2.57. The molecule has 2 N–H and O–H groups in total. The minimum atomic E-state index is -0.0587. The number of thiophene rings is 1. The standard InChI is InChI=1S/C14H12N2OS/c1-9-7-10-8-11(4-5-12(10)15-9)16-14(17)13-3-2-6-18-13/h2-8,15H,1H3,(H,16,17). The predicted octanol–water partition coefficient (Wildman–Crippen LogP) is 3.79. The summed E-state index contributed by atoms with van der Waals surface area (Å²) < 4.78 is 0. The zero-order valence-corrected chi connectivity index (χ0v) is 10.7. The molecule has 90 valence electrons. The van der Waals surface area contributed by atoms with E-state index in [2.05, 4.69) is 16.4 Å². The van der Waals surface area contributed by atoms with Crippen LogP contribution in [-0.4, -0.2) is 10.9 Å². The van der Waals surface area contributed by atoms with Crippen LogP contribution in [0.25, 0.3) is 10.9 Å². The fourth-order valence-electron chi connectivity index (χ4n) is 1.96. The summed E-state index contributed by atoms with van der Waals surface area (Å²) in [5, 5.41) is 5.91. The molecule has 2 aromatic heterocycles. The number of carbonyl (C=O) groups excluding carboxylic acids is 1. The highest BCUT2D eigenvalue weighted by Gasteiger charge is 2.07. The van der Waals surface area contributed by atoms with Crippen LogP contribution in [0.1, 0.15) is 15.4 Å². The SMILES string of the molecule is Cc1cc2cc(NC(=O)c3cccs3)ccc2[nH]1. The number of amides is 1. The van der Waals surface area contributed by atoms with Crippen molar-refractivity contribution in [2.75, 3.05) is 5.32 Å². The molecule has 0 fully saturated rings. The van der Waals surface area contributed by atoms with Gasteiger partial charge in [0.1, 0.15) is 0 Å². The van der Waals surface area contributed by atoms with E-state index in [1.807, 2.05) is 42.6 Å². The van der Waals surface area contributed by atoms with Crippen LogP contribution in [0, 0.1) is 6.92 Å². The topological polar surface area (TPSA) is 44.9 Å². The number of aromatic amines is 1. The van der Waals surface area contributed by atoms with Gasteiger partial charge in [-0.15, -0.1) is 11.3 Å². The average molecular weight is 256 g/mol. The van der Waals surface area contributed by atoms with Crippen LogP contribution < -0.4 is 5.32 Å². The van der Waals surface area contributed by atoms with Gasteiger partial charge in [0.2, 0.25) is 0 Å². The van der Waals surface area contributed by atoms with Crippen LogP contribution in [0.4, 0.5) is 5.69 Å². The minimum absolute atomic E-state index is 0.0587.